The highest BCUT2D eigenvalue weighted by Gasteiger charge is 2.20. The molecule has 0 saturated carbocycles. The molecule has 0 aliphatic heterocycles. The van der Waals surface area contributed by atoms with Gasteiger partial charge in [0.2, 0.25) is 0 Å². The van der Waals surface area contributed by atoms with Gasteiger partial charge in [0.05, 0.1) is 22.1 Å². The molecule has 2 nitrogen and oxygen atoms in total. The summed E-state index contributed by atoms with van der Waals surface area (Å²) < 4.78 is 4.99. The highest BCUT2D eigenvalue weighted by molar-refractivity contribution is 6.25. The highest BCUT2D eigenvalue weighted by Crippen LogP contribution is 2.42. The van der Waals surface area contributed by atoms with E-state index in [1.54, 1.807) is 0 Å². The first kappa shape index (κ1) is 25.8. The third kappa shape index (κ3) is 3.41. The van der Waals surface area contributed by atoms with Gasteiger partial charge in [0, 0.05) is 54.5 Å². The van der Waals surface area contributed by atoms with Crippen LogP contribution in [0, 0.1) is 0 Å². The summed E-state index contributed by atoms with van der Waals surface area (Å²) in [6, 6.07) is 62.5. The van der Waals surface area contributed by atoms with Crippen molar-refractivity contribution in [1.29, 1.82) is 0 Å². The average Bonchev–Trinajstić information content (AvgIpc) is 3.69. The number of benzene rings is 9. The number of hydrogen-bond donors (Lipinski definition) is 0. The Balaban J connectivity index is 1.25. The standard InChI is InChI=1S/C46H28N2/c1-5-13-35-29(9-1)17-25-39-40-26-18-30-10-2-6-14-36(30)44(40)47(43(35)39)33-21-23-34(24-22-33)48-45-37-15-7-3-11-31(37)19-27-41(45)42-28-20-32-12-4-8-16-38(32)46(42)48/h1-28H. The lowest BCUT2D eigenvalue weighted by atomic mass is 10.0. The van der Waals surface area contributed by atoms with Crippen LogP contribution in [0.3, 0.4) is 0 Å². The van der Waals surface area contributed by atoms with Gasteiger partial charge in [-0.15, -0.1) is 0 Å². The minimum atomic E-state index is 1.15. The molecule has 2 aromatic heterocycles. The molecule has 11 rings (SSSR count). The Kier molecular flexibility index (Phi) is 5.14. The molecule has 0 spiro atoms. The predicted octanol–water partition coefficient (Wildman–Crippen LogP) is 12.5. The molecule has 2 heteroatoms. The molecular formula is C46H28N2. The van der Waals surface area contributed by atoms with Crippen LogP contribution in [-0.4, -0.2) is 9.13 Å². The molecule has 0 amide bonds. The summed E-state index contributed by atoms with van der Waals surface area (Å²) in [6.07, 6.45) is 0. The molecule has 0 bridgehead atoms. The molecule has 0 N–H and O–H groups in total. The second kappa shape index (κ2) is 9.57. The predicted molar refractivity (Wildman–Crippen MR) is 205 cm³/mol. The smallest absolute Gasteiger partial charge is 0.0619 e. The van der Waals surface area contributed by atoms with Gasteiger partial charge >= 0.3 is 0 Å². The molecule has 0 aliphatic rings. The van der Waals surface area contributed by atoms with E-state index in [1.807, 2.05) is 0 Å². The third-order valence-corrected chi connectivity index (χ3v) is 10.4. The molecular weight excluding hydrogens is 581 g/mol. The van der Waals surface area contributed by atoms with Crippen molar-refractivity contribution in [2.24, 2.45) is 0 Å². The molecule has 0 aliphatic carbocycles. The Morgan fingerprint density at radius 2 is 0.458 bits per heavy atom. The summed E-state index contributed by atoms with van der Waals surface area (Å²) in [7, 11) is 0. The lowest BCUT2D eigenvalue weighted by molar-refractivity contribution is 1.16. The van der Waals surface area contributed by atoms with E-state index in [9.17, 15) is 0 Å². The van der Waals surface area contributed by atoms with Gasteiger partial charge in [-0.25, -0.2) is 0 Å². The largest absolute Gasteiger partial charge is 0.308 e. The van der Waals surface area contributed by atoms with Gasteiger partial charge in [0.1, 0.15) is 0 Å². The van der Waals surface area contributed by atoms with Crippen LogP contribution in [0.2, 0.25) is 0 Å². The zero-order valence-corrected chi connectivity index (χ0v) is 26.1. The van der Waals surface area contributed by atoms with E-state index in [0.29, 0.717) is 0 Å². The van der Waals surface area contributed by atoms with Crippen molar-refractivity contribution >= 4 is 86.7 Å². The van der Waals surface area contributed by atoms with E-state index in [1.165, 1.54) is 86.7 Å². The van der Waals surface area contributed by atoms with Crippen molar-refractivity contribution in [2.45, 2.75) is 0 Å². The first-order chi connectivity index (χ1) is 23.8. The topological polar surface area (TPSA) is 9.86 Å². The molecule has 48 heavy (non-hydrogen) atoms. The van der Waals surface area contributed by atoms with Crippen molar-refractivity contribution in [3.63, 3.8) is 0 Å². The highest BCUT2D eigenvalue weighted by atomic mass is 15.0. The van der Waals surface area contributed by atoms with Crippen LogP contribution in [0.5, 0.6) is 0 Å². The van der Waals surface area contributed by atoms with E-state index < -0.39 is 0 Å². The van der Waals surface area contributed by atoms with Crippen LogP contribution in [0.25, 0.3) is 98.1 Å². The quantitative estimate of drug-likeness (QED) is 0.185. The number of rotatable bonds is 2. The lowest BCUT2D eigenvalue weighted by Crippen LogP contribution is -1.98. The summed E-state index contributed by atoms with van der Waals surface area (Å²) in [5.74, 6) is 0. The van der Waals surface area contributed by atoms with E-state index in [0.717, 1.165) is 11.4 Å². The maximum absolute atomic E-state index is 2.50. The molecule has 0 unspecified atom stereocenters. The Hall–Kier alpha value is -6.38. The Morgan fingerprint density at radius 3 is 0.729 bits per heavy atom. The second-order valence-electron chi connectivity index (χ2n) is 12.9. The normalized spacial score (nSPS) is 12.2. The number of nitrogens with zero attached hydrogens (tertiary/aromatic N) is 2. The van der Waals surface area contributed by atoms with Crippen LogP contribution < -0.4 is 0 Å². The van der Waals surface area contributed by atoms with Crippen molar-refractivity contribution in [3.8, 4) is 11.4 Å². The van der Waals surface area contributed by atoms with Gasteiger partial charge in [-0.3, -0.25) is 0 Å². The van der Waals surface area contributed by atoms with Crippen molar-refractivity contribution in [3.05, 3.63) is 170 Å². The first-order valence-corrected chi connectivity index (χ1v) is 16.6. The van der Waals surface area contributed by atoms with Crippen LogP contribution in [-0.2, 0) is 0 Å². The molecule has 0 atom stereocenters. The van der Waals surface area contributed by atoms with Crippen molar-refractivity contribution < 1.29 is 0 Å². The maximum Gasteiger partial charge on any atom is 0.0619 e. The zero-order chi connectivity index (χ0) is 31.3. The minimum absolute atomic E-state index is 1.15. The zero-order valence-electron chi connectivity index (χ0n) is 26.1. The molecule has 0 fully saturated rings. The molecule has 2 heterocycles. The molecule has 0 saturated heterocycles. The minimum Gasteiger partial charge on any atom is -0.308 e. The van der Waals surface area contributed by atoms with Crippen LogP contribution in [0.15, 0.2) is 170 Å². The van der Waals surface area contributed by atoms with Gasteiger partial charge in [-0.05, 0) is 45.8 Å². The number of aromatic nitrogens is 2. The van der Waals surface area contributed by atoms with Crippen molar-refractivity contribution in [2.75, 3.05) is 0 Å². The SMILES string of the molecule is c1ccc2c(c1)ccc1c3ccc4ccccc4c3n(-c3ccc(-n4c5c6ccccc6ccc5c5ccc6ccccc6c54)cc3)c21. The summed E-state index contributed by atoms with van der Waals surface area (Å²) >= 11 is 0. The molecule has 9 aromatic carbocycles. The van der Waals surface area contributed by atoms with E-state index in [-0.39, 0.29) is 0 Å². The van der Waals surface area contributed by atoms with Gasteiger partial charge in [-0.2, -0.15) is 0 Å². The fraction of sp³-hybridized carbons (Fsp3) is 0. The summed E-state index contributed by atoms with van der Waals surface area (Å²) in [5.41, 5.74) is 7.31. The molecule has 0 radical (unpaired) electrons. The Morgan fingerprint density at radius 1 is 0.208 bits per heavy atom. The Bertz CT molecular complexity index is 2700. The average molecular weight is 609 g/mol. The fourth-order valence-corrected chi connectivity index (χ4v) is 8.34. The van der Waals surface area contributed by atoms with Crippen LogP contribution >= 0.6 is 0 Å². The fourth-order valence-electron chi connectivity index (χ4n) is 8.34. The van der Waals surface area contributed by atoms with Crippen LogP contribution in [0.1, 0.15) is 0 Å². The second-order valence-corrected chi connectivity index (χ2v) is 12.9. The lowest BCUT2D eigenvalue weighted by Gasteiger charge is -2.14. The maximum atomic E-state index is 2.50. The first-order valence-electron chi connectivity index (χ1n) is 16.6. The van der Waals surface area contributed by atoms with Crippen LogP contribution in [0.4, 0.5) is 0 Å². The Labute approximate surface area is 276 Å². The summed E-state index contributed by atoms with van der Waals surface area (Å²) in [4.78, 5) is 0. The molecule has 222 valence electrons. The number of hydrogen-bond acceptors (Lipinski definition) is 0. The van der Waals surface area contributed by atoms with E-state index in [2.05, 4.69) is 179 Å². The summed E-state index contributed by atoms with van der Waals surface area (Å²) in [6.45, 7) is 0. The van der Waals surface area contributed by atoms with Gasteiger partial charge in [0.25, 0.3) is 0 Å². The molecule has 11 aromatic rings. The van der Waals surface area contributed by atoms with Gasteiger partial charge in [-0.1, -0.05) is 146 Å². The van der Waals surface area contributed by atoms with Crippen molar-refractivity contribution in [1.82, 2.24) is 9.13 Å². The van der Waals surface area contributed by atoms with Gasteiger partial charge in [0.15, 0.2) is 0 Å². The third-order valence-electron chi connectivity index (χ3n) is 10.4. The van der Waals surface area contributed by atoms with E-state index in [4.69, 9.17) is 0 Å². The number of fused-ring (bicyclic) bond motifs is 14. The van der Waals surface area contributed by atoms with E-state index >= 15 is 0 Å². The summed E-state index contributed by atoms with van der Waals surface area (Å²) in [5, 5.41) is 15.2. The van der Waals surface area contributed by atoms with Gasteiger partial charge < -0.3 is 9.13 Å². The monoisotopic (exact) mass is 608 g/mol.